The zero-order valence-electron chi connectivity index (χ0n) is 17.3. The van der Waals surface area contributed by atoms with Crippen molar-refractivity contribution in [3.8, 4) is 5.75 Å². The molecule has 0 saturated carbocycles. The van der Waals surface area contributed by atoms with Crippen molar-refractivity contribution in [1.29, 1.82) is 0 Å². The molecule has 2 rings (SSSR count). The van der Waals surface area contributed by atoms with Gasteiger partial charge >= 0.3 is 0 Å². The Kier molecular flexibility index (Phi) is 9.01. The van der Waals surface area contributed by atoms with Crippen LogP contribution in [0.25, 0.3) is 0 Å². The van der Waals surface area contributed by atoms with Gasteiger partial charge in [-0.15, -0.1) is 0 Å². The fraction of sp³-hybridized carbons (Fsp3) is 0.364. The van der Waals surface area contributed by atoms with Gasteiger partial charge < -0.3 is 15.0 Å². The number of halogens is 3. The van der Waals surface area contributed by atoms with E-state index in [-0.39, 0.29) is 25.0 Å². The first-order valence-electron chi connectivity index (χ1n) is 9.51. The van der Waals surface area contributed by atoms with Gasteiger partial charge in [-0.1, -0.05) is 49.2 Å². The minimum absolute atomic E-state index is 0.196. The molecule has 2 aromatic carbocycles. The molecular formula is C22H25BrCl2N2O3. The Morgan fingerprint density at radius 2 is 1.80 bits per heavy atom. The van der Waals surface area contributed by atoms with E-state index in [1.54, 1.807) is 25.1 Å². The second-order valence-electron chi connectivity index (χ2n) is 7.19. The molecule has 5 nitrogen and oxygen atoms in total. The highest BCUT2D eigenvalue weighted by molar-refractivity contribution is 9.10. The van der Waals surface area contributed by atoms with Crippen LogP contribution in [0.15, 0.2) is 40.9 Å². The van der Waals surface area contributed by atoms with Crippen LogP contribution < -0.4 is 10.1 Å². The fourth-order valence-corrected chi connectivity index (χ4v) is 3.67. The van der Waals surface area contributed by atoms with E-state index in [1.807, 2.05) is 18.2 Å². The number of rotatable bonds is 8. The lowest BCUT2D eigenvalue weighted by Gasteiger charge is -2.28. The third-order valence-corrected chi connectivity index (χ3v) is 6.08. The Balaban J connectivity index is 2.17. The van der Waals surface area contributed by atoms with Gasteiger partial charge in [-0.25, -0.2) is 0 Å². The summed E-state index contributed by atoms with van der Waals surface area (Å²) in [6.45, 7) is 5.87. The van der Waals surface area contributed by atoms with Crippen molar-refractivity contribution in [3.05, 3.63) is 62.0 Å². The SMILES string of the molecule is CNC(=O)[C@@H](C)N(Cc1ccc(Cl)c(Cl)c1)C(=O)COc1ccc(C(C)C)cc1Br. The van der Waals surface area contributed by atoms with Gasteiger partial charge in [-0.2, -0.15) is 0 Å². The summed E-state index contributed by atoms with van der Waals surface area (Å²) in [5, 5.41) is 3.39. The van der Waals surface area contributed by atoms with Crippen LogP contribution in [0, 0.1) is 0 Å². The summed E-state index contributed by atoms with van der Waals surface area (Å²) in [5.41, 5.74) is 1.92. The Morgan fingerprint density at radius 1 is 1.10 bits per heavy atom. The van der Waals surface area contributed by atoms with E-state index < -0.39 is 6.04 Å². The van der Waals surface area contributed by atoms with E-state index in [4.69, 9.17) is 27.9 Å². The number of nitrogens with one attached hydrogen (secondary N) is 1. The number of carbonyl (C=O) groups excluding carboxylic acids is 2. The number of likely N-dealkylation sites (N-methyl/N-ethyl adjacent to an activating group) is 1. The average Bonchev–Trinajstić information content (AvgIpc) is 2.72. The maximum absolute atomic E-state index is 13.0. The molecule has 0 fully saturated rings. The predicted molar refractivity (Wildman–Crippen MR) is 124 cm³/mol. The number of amides is 2. The quantitative estimate of drug-likeness (QED) is 0.510. The minimum atomic E-state index is -0.688. The Labute approximate surface area is 195 Å². The van der Waals surface area contributed by atoms with Crippen molar-refractivity contribution in [3.63, 3.8) is 0 Å². The summed E-state index contributed by atoms with van der Waals surface area (Å²) in [6, 6.07) is 10.2. The molecule has 0 unspecified atom stereocenters. The highest BCUT2D eigenvalue weighted by Crippen LogP contribution is 2.29. The normalized spacial score (nSPS) is 11.9. The third-order valence-electron chi connectivity index (χ3n) is 4.72. The monoisotopic (exact) mass is 514 g/mol. The molecule has 2 amide bonds. The smallest absolute Gasteiger partial charge is 0.261 e. The van der Waals surface area contributed by atoms with E-state index in [0.717, 1.165) is 15.6 Å². The molecule has 0 aromatic heterocycles. The van der Waals surface area contributed by atoms with E-state index in [9.17, 15) is 9.59 Å². The molecule has 0 aliphatic heterocycles. The van der Waals surface area contributed by atoms with Crippen molar-refractivity contribution in [2.45, 2.75) is 39.3 Å². The van der Waals surface area contributed by atoms with Crippen LogP contribution in [0.5, 0.6) is 5.75 Å². The molecule has 1 N–H and O–H groups in total. The number of benzene rings is 2. The molecule has 1 atom stereocenters. The zero-order chi connectivity index (χ0) is 22.4. The summed E-state index contributed by atoms with van der Waals surface area (Å²) in [6.07, 6.45) is 0. The second kappa shape index (κ2) is 11.0. The first kappa shape index (κ1) is 24.5. The van der Waals surface area contributed by atoms with Crippen LogP contribution in [0.2, 0.25) is 10.0 Å². The van der Waals surface area contributed by atoms with Gasteiger partial charge in [-0.3, -0.25) is 9.59 Å². The number of nitrogens with zero attached hydrogens (tertiary/aromatic N) is 1. The van der Waals surface area contributed by atoms with E-state index in [0.29, 0.717) is 21.7 Å². The summed E-state index contributed by atoms with van der Waals surface area (Å²) in [5.74, 6) is 0.352. The molecule has 0 saturated heterocycles. The van der Waals surface area contributed by atoms with Crippen LogP contribution in [-0.2, 0) is 16.1 Å². The lowest BCUT2D eigenvalue weighted by molar-refractivity contribution is -0.142. The number of hydrogen-bond acceptors (Lipinski definition) is 3. The van der Waals surface area contributed by atoms with E-state index in [2.05, 4.69) is 35.1 Å². The Morgan fingerprint density at radius 3 is 2.37 bits per heavy atom. The molecule has 0 spiro atoms. The van der Waals surface area contributed by atoms with Crippen molar-refractivity contribution >= 4 is 50.9 Å². The molecule has 0 heterocycles. The van der Waals surface area contributed by atoms with Crippen LogP contribution in [0.1, 0.15) is 37.8 Å². The maximum atomic E-state index is 13.0. The second-order valence-corrected chi connectivity index (χ2v) is 8.86. The molecule has 2 aromatic rings. The highest BCUT2D eigenvalue weighted by atomic mass is 79.9. The molecule has 162 valence electrons. The maximum Gasteiger partial charge on any atom is 0.261 e. The number of ether oxygens (including phenoxy) is 1. The summed E-state index contributed by atoms with van der Waals surface area (Å²) in [7, 11) is 1.53. The Bertz CT molecular complexity index is 921. The van der Waals surface area contributed by atoms with Gasteiger partial charge in [0.15, 0.2) is 6.61 Å². The lowest BCUT2D eigenvalue weighted by atomic mass is 10.0. The zero-order valence-corrected chi connectivity index (χ0v) is 20.4. The molecular weight excluding hydrogens is 491 g/mol. The lowest BCUT2D eigenvalue weighted by Crippen LogP contribution is -2.48. The van der Waals surface area contributed by atoms with Crippen LogP contribution in [0.3, 0.4) is 0 Å². The minimum Gasteiger partial charge on any atom is -0.483 e. The number of carbonyl (C=O) groups is 2. The van der Waals surface area contributed by atoms with E-state index in [1.165, 1.54) is 11.9 Å². The Hall–Kier alpha value is -1.76. The van der Waals surface area contributed by atoms with Gasteiger partial charge in [-0.05, 0) is 64.2 Å². The first-order valence-corrected chi connectivity index (χ1v) is 11.1. The van der Waals surface area contributed by atoms with Crippen LogP contribution in [0.4, 0.5) is 0 Å². The van der Waals surface area contributed by atoms with Crippen LogP contribution in [-0.4, -0.2) is 36.4 Å². The van der Waals surface area contributed by atoms with Crippen molar-refractivity contribution < 1.29 is 14.3 Å². The van der Waals surface area contributed by atoms with Gasteiger partial charge in [0.05, 0.1) is 14.5 Å². The van der Waals surface area contributed by atoms with Gasteiger partial charge in [0.25, 0.3) is 5.91 Å². The van der Waals surface area contributed by atoms with Crippen molar-refractivity contribution in [1.82, 2.24) is 10.2 Å². The largest absolute Gasteiger partial charge is 0.483 e. The topological polar surface area (TPSA) is 58.6 Å². The average molecular weight is 516 g/mol. The molecule has 0 bridgehead atoms. The summed E-state index contributed by atoms with van der Waals surface area (Å²) < 4.78 is 6.52. The molecule has 30 heavy (non-hydrogen) atoms. The first-order chi connectivity index (χ1) is 14.1. The third kappa shape index (κ3) is 6.37. The van der Waals surface area contributed by atoms with Crippen LogP contribution >= 0.6 is 39.1 Å². The standard InChI is InChI=1S/C22H25BrCl2N2O3/c1-13(2)16-6-8-20(17(23)10-16)30-12-21(28)27(14(3)22(29)26-4)11-15-5-7-18(24)19(25)9-15/h5-10,13-14H,11-12H2,1-4H3,(H,26,29)/t14-/m1/s1. The van der Waals surface area contributed by atoms with Crippen molar-refractivity contribution in [2.75, 3.05) is 13.7 Å². The van der Waals surface area contributed by atoms with Gasteiger partial charge in [0.1, 0.15) is 11.8 Å². The van der Waals surface area contributed by atoms with Crippen molar-refractivity contribution in [2.24, 2.45) is 0 Å². The van der Waals surface area contributed by atoms with E-state index >= 15 is 0 Å². The predicted octanol–water partition coefficient (Wildman–Crippen LogP) is 5.42. The molecule has 0 aliphatic rings. The fourth-order valence-electron chi connectivity index (χ4n) is 2.84. The summed E-state index contributed by atoms with van der Waals surface area (Å²) >= 11 is 15.6. The van der Waals surface area contributed by atoms with Gasteiger partial charge in [0.2, 0.25) is 5.91 Å². The molecule has 0 radical (unpaired) electrons. The molecule has 8 heteroatoms. The summed E-state index contributed by atoms with van der Waals surface area (Å²) in [4.78, 5) is 26.6. The molecule has 0 aliphatic carbocycles. The highest BCUT2D eigenvalue weighted by Gasteiger charge is 2.26. The van der Waals surface area contributed by atoms with Gasteiger partial charge in [0, 0.05) is 13.6 Å². The number of hydrogen-bond donors (Lipinski definition) is 1.